The molecule has 0 aromatic heterocycles. The van der Waals surface area contributed by atoms with Crippen molar-refractivity contribution in [3.63, 3.8) is 0 Å². The molecule has 4 rings (SSSR count). The summed E-state index contributed by atoms with van der Waals surface area (Å²) in [7, 11) is 0.769. The fourth-order valence-corrected chi connectivity index (χ4v) is 5.09. The summed E-state index contributed by atoms with van der Waals surface area (Å²) in [5.74, 6) is -29.0. The van der Waals surface area contributed by atoms with Gasteiger partial charge in [0.2, 0.25) is 0 Å². The largest absolute Gasteiger partial charge is 0.390 e. The number of allylic oxidation sites excluding steroid dienone is 13. The Morgan fingerprint density at radius 1 is 0.604 bits per heavy atom. The van der Waals surface area contributed by atoms with Gasteiger partial charge in [-0.05, 0) is 0 Å². The second-order valence-corrected chi connectivity index (χ2v) is 9.65. The van der Waals surface area contributed by atoms with E-state index in [1.807, 2.05) is 5.32 Å². The second-order valence-electron chi connectivity index (χ2n) is 9.65. The molecule has 1 aromatic rings. The maximum Gasteiger partial charge on any atom is 0.180 e. The SMILES string of the molecule is CN/C(=C1/C(=C(C#N)C2=C(F)C(F)C(C#N)C(F)=C2F)/C1=C(\C#N)c1c(F)c(F)c(C#N)c(F)c1F)C1C(F)=C(F)C(C#N)=C(F)C1F. The van der Waals surface area contributed by atoms with Crippen molar-refractivity contribution in [1.82, 2.24) is 5.32 Å². The molecule has 1 N–H and O–H groups in total. The molecule has 1 aromatic carbocycles. The van der Waals surface area contributed by atoms with Gasteiger partial charge in [-0.25, -0.2) is 52.7 Å². The predicted octanol–water partition coefficient (Wildman–Crippen LogP) is 7.43. The number of hydrogen-bond acceptors (Lipinski definition) is 6. The van der Waals surface area contributed by atoms with Crippen molar-refractivity contribution in [2.24, 2.45) is 11.8 Å². The number of nitrogens with zero attached hydrogens (tertiary/aromatic N) is 5. The molecule has 0 saturated heterocycles. The summed E-state index contributed by atoms with van der Waals surface area (Å²) in [6.07, 6.45) is -6.62. The molecule has 48 heavy (non-hydrogen) atoms. The average molecular weight is 680 g/mol. The quantitative estimate of drug-likeness (QED) is 0.200. The molecule has 3 aliphatic carbocycles. The lowest BCUT2D eigenvalue weighted by Crippen LogP contribution is -2.30. The van der Waals surface area contributed by atoms with Crippen LogP contribution in [0, 0.1) is 91.8 Å². The fourth-order valence-electron chi connectivity index (χ4n) is 5.09. The van der Waals surface area contributed by atoms with Gasteiger partial charge in [-0.15, -0.1) is 0 Å². The first-order valence-electron chi connectivity index (χ1n) is 12.6. The summed E-state index contributed by atoms with van der Waals surface area (Å²) in [5.41, 5.74) is -15.4. The third kappa shape index (κ3) is 4.80. The highest BCUT2D eigenvalue weighted by molar-refractivity contribution is 6.00. The van der Waals surface area contributed by atoms with E-state index in [-0.39, 0.29) is 0 Å². The highest BCUT2D eigenvalue weighted by Crippen LogP contribution is 2.58. The topological polar surface area (TPSA) is 131 Å². The fraction of sp³-hybridized carbons (Fsp3) is 0.167. The molecule has 18 heteroatoms. The third-order valence-corrected chi connectivity index (χ3v) is 7.34. The maximum atomic E-state index is 15.3. The standard InChI is InChI=1S/C30H8F12N6/c1-48-30(17-28(41)22(35)11(6-47)23(36)29(17)42)16-12(7(2-43)14-24(37)18(31)9(4-45)19(32)25(14)38)13(16)8(3-44)15-26(39)20(33)10(5-46)21(34)27(15)40/h9,17-18,28,48H,1H3/b12-7?,13-8-,30-16-. The molecule has 0 heterocycles. The monoisotopic (exact) mass is 680 g/mol. The third-order valence-electron chi connectivity index (χ3n) is 7.34. The van der Waals surface area contributed by atoms with E-state index in [1.165, 1.54) is 0 Å². The van der Waals surface area contributed by atoms with Crippen molar-refractivity contribution in [3.05, 3.63) is 108 Å². The van der Waals surface area contributed by atoms with Crippen LogP contribution in [-0.2, 0) is 0 Å². The van der Waals surface area contributed by atoms with Crippen LogP contribution in [0.3, 0.4) is 0 Å². The van der Waals surface area contributed by atoms with Gasteiger partial charge >= 0.3 is 0 Å². The Morgan fingerprint density at radius 2 is 1.15 bits per heavy atom. The van der Waals surface area contributed by atoms with E-state index in [0.29, 0.717) is 0 Å². The van der Waals surface area contributed by atoms with Gasteiger partial charge in [0.15, 0.2) is 58.9 Å². The van der Waals surface area contributed by atoms with Crippen molar-refractivity contribution in [2.45, 2.75) is 12.3 Å². The van der Waals surface area contributed by atoms with Gasteiger partial charge in [0, 0.05) is 29.5 Å². The lowest BCUT2D eigenvalue weighted by molar-refractivity contribution is 0.234. The number of rotatable bonds is 4. The minimum Gasteiger partial charge on any atom is -0.390 e. The Labute approximate surface area is 260 Å². The van der Waals surface area contributed by atoms with Crippen LogP contribution in [0.25, 0.3) is 5.57 Å². The number of alkyl halides is 2. The number of hydrogen-bond donors (Lipinski definition) is 1. The van der Waals surface area contributed by atoms with Gasteiger partial charge in [0.05, 0.1) is 34.3 Å². The van der Waals surface area contributed by atoms with Crippen LogP contribution < -0.4 is 5.32 Å². The van der Waals surface area contributed by atoms with Crippen LogP contribution in [0.2, 0.25) is 0 Å². The Balaban J connectivity index is 2.26. The van der Waals surface area contributed by atoms with E-state index in [9.17, 15) is 36.9 Å². The van der Waals surface area contributed by atoms with E-state index in [0.717, 1.165) is 37.4 Å². The molecular formula is C30H8F12N6. The van der Waals surface area contributed by atoms with Gasteiger partial charge in [-0.3, -0.25) is 0 Å². The highest BCUT2D eigenvalue weighted by Gasteiger charge is 2.51. The number of benzene rings is 1. The van der Waals surface area contributed by atoms with Crippen molar-refractivity contribution < 1.29 is 52.7 Å². The first kappa shape index (κ1) is 34.7. The highest BCUT2D eigenvalue weighted by atomic mass is 19.2. The number of nitrogens with one attached hydrogen (secondary N) is 1. The molecule has 0 spiro atoms. The van der Waals surface area contributed by atoms with Gasteiger partial charge in [-0.2, -0.15) is 26.3 Å². The van der Waals surface area contributed by atoms with Crippen LogP contribution in [-0.4, -0.2) is 19.4 Å². The minimum atomic E-state index is -3.32. The molecule has 6 nitrogen and oxygen atoms in total. The molecule has 1 fully saturated rings. The molecule has 3 aliphatic rings. The summed E-state index contributed by atoms with van der Waals surface area (Å²) >= 11 is 0. The van der Waals surface area contributed by atoms with Crippen molar-refractivity contribution in [3.8, 4) is 30.3 Å². The van der Waals surface area contributed by atoms with Crippen LogP contribution in [0.15, 0.2) is 74.1 Å². The zero-order valence-electron chi connectivity index (χ0n) is 23.1. The molecule has 4 atom stereocenters. The Hall–Kier alpha value is -6.19. The molecule has 0 bridgehead atoms. The van der Waals surface area contributed by atoms with Crippen molar-refractivity contribution in [2.75, 3.05) is 7.05 Å². The smallest absolute Gasteiger partial charge is 0.180 e. The number of halogens is 12. The Bertz CT molecular complexity index is 2140. The van der Waals surface area contributed by atoms with Crippen molar-refractivity contribution >= 4 is 5.57 Å². The minimum absolute atomic E-state index is 0.769. The molecule has 1 saturated carbocycles. The summed E-state index contributed by atoms with van der Waals surface area (Å²) in [6, 6.07) is 4.74. The van der Waals surface area contributed by atoms with E-state index < -0.39 is 138 Å². The summed E-state index contributed by atoms with van der Waals surface area (Å²) in [6.45, 7) is 0. The normalized spacial score (nSPS) is 25.5. The van der Waals surface area contributed by atoms with Crippen molar-refractivity contribution in [1.29, 1.82) is 26.3 Å². The molecule has 0 aliphatic heterocycles. The van der Waals surface area contributed by atoms with Gasteiger partial charge in [-0.1, -0.05) is 0 Å². The summed E-state index contributed by atoms with van der Waals surface area (Å²) < 4.78 is 179. The van der Waals surface area contributed by atoms with E-state index in [2.05, 4.69) is 0 Å². The van der Waals surface area contributed by atoms with Crippen LogP contribution >= 0.6 is 0 Å². The molecule has 0 radical (unpaired) electrons. The molecular weight excluding hydrogens is 672 g/mol. The average Bonchev–Trinajstić information content (AvgIpc) is 3.78. The molecule has 4 unspecified atom stereocenters. The lowest BCUT2D eigenvalue weighted by atomic mass is 9.87. The van der Waals surface area contributed by atoms with E-state index >= 15 is 26.3 Å². The zero-order valence-corrected chi connectivity index (χ0v) is 23.1. The van der Waals surface area contributed by atoms with E-state index in [4.69, 9.17) is 15.8 Å². The van der Waals surface area contributed by atoms with Gasteiger partial charge < -0.3 is 5.32 Å². The summed E-state index contributed by atoms with van der Waals surface area (Å²) in [5, 5.41) is 48.5. The first-order valence-corrected chi connectivity index (χ1v) is 12.6. The molecule has 0 amide bonds. The van der Waals surface area contributed by atoms with Crippen LogP contribution in [0.5, 0.6) is 0 Å². The zero-order chi connectivity index (χ0) is 36.1. The summed E-state index contributed by atoms with van der Waals surface area (Å²) in [4.78, 5) is 0. The number of nitriles is 5. The van der Waals surface area contributed by atoms with E-state index in [1.54, 1.807) is 0 Å². The van der Waals surface area contributed by atoms with Crippen LogP contribution in [0.1, 0.15) is 11.1 Å². The molecule has 242 valence electrons. The maximum absolute atomic E-state index is 15.3. The van der Waals surface area contributed by atoms with Crippen LogP contribution in [0.4, 0.5) is 52.7 Å². The lowest BCUT2D eigenvalue weighted by Gasteiger charge is -2.25. The first-order chi connectivity index (χ1) is 22.6. The Kier molecular flexibility index (Phi) is 9.06. The Morgan fingerprint density at radius 3 is 1.60 bits per heavy atom. The second kappa shape index (κ2) is 12.5. The van der Waals surface area contributed by atoms with Gasteiger partial charge in [0.1, 0.15) is 53.0 Å². The van der Waals surface area contributed by atoms with Gasteiger partial charge in [0.25, 0.3) is 0 Å². The predicted molar refractivity (Wildman–Crippen MR) is 135 cm³/mol.